The van der Waals surface area contributed by atoms with Gasteiger partial charge in [-0.2, -0.15) is 0 Å². The van der Waals surface area contributed by atoms with Crippen LogP contribution in [0.1, 0.15) is 26.3 Å². The van der Waals surface area contributed by atoms with Gasteiger partial charge >= 0.3 is 0 Å². The monoisotopic (exact) mass is 218 g/mol. The lowest BCUT2D eigenvalue weighted by Gasteiger charge is -2.27. The fourth-order valence-electron chi connectivity index (χ4n) is 2.38. The van der Waals surface area contributed by atoms with Crippen molar-refractivity contribution >= 4 is 11.4 Å². The molecule has 16 heavy (non-hydrogen) atoms. The molecule has 0 aromatic heterocycles. The van der Waals surface area contributed by atoms with E-state index < -0.39 is 0 Å². The Labute approximate surface area is 98.7 Å². The zero-order valence-electron chi connectivity index (χ0n) is 10.8. The summed E-state index contributed by atoms with van der Waals surface area (Å²) >= 11 is 0. The van der Waals surface area contributed by atoms with E-state index in [1.807, 2.05) is 0 Å². The second-order valence-electron chi connectivity index (χ2n) is 5.58. The van der Waals surface area contributed by atoms with E-state index in [0.717, 1.165) is 19.5 Å². The van der Waals surface area contributed by atoms with Crippen LogP contribution >= 0.6 is 0 Å². The fourth-order valence-corrected chi connectivity index (χ4v) is 2.38. The summed E-state index contributed by atoms with van der Waals surface area (Å²) in [6, 6.07) is 6.74. The van der Waals surface area contributed by atoms with Crippen LogP contribution in [0.3, 0.4) is 0 Å². The molecule has 1 aliphatic heterocycles. The first-order chi connectivity index (χ1) is 7.52. The van der Waals surface area contributed by atoms with Crippen LogP contribution in [0.5, 0.6) is 0 Å². The summed E-state index contributed by atoms with van der Waals surface area (Å²) in [6.07, 6.45) is 1.10. The van der Waals surface area contributed by atoms with Crippen molar-refractivity contribution in [2.24, 2.45) is 5.41 Å². The van der Waals surface area contributed by atoms with E-state index in [4.69, 9.17) is 0 Å². The molecule has 0 aliphatic carbocycles. The highest BCUT2D eigenvalue weighted by Crippen LogP contribution is 2.33. The van der Waals surface area contributed by atoms with Crippen LogP contribution in [-0.2, 0) is 6.42 Å². The molecule has 2 nitrogen and oxygen atoms in total. The molecule has 0 atom stereocenters. The molecule has 88 valence electrons. The van der Waals surface area contributed by atoms with Crippen LogP contribution in [0, 0.1) is 5.41 Å². The van der Waals surface area contributed by atoms with Crippen molar-refractivity contribution in [1.29, 1.82) is 0 Å². The molecular formula is C14H22N2. The Balaban J connectivity index is 2.37. The molecule has 0 saturated heterocycles. The predicted molar refractivity (Wildman–Crippen MR) is 71.4 cm³/mol. The quantitative estimate of drug-likeness (QED) is 0.779. The third-order valence-electron chi connectivity index (χ3n) is 3.30. The Morgan fingerprint density at radius 3 is 2.81 bits per heavy atom. The topological polar surface area (TPSA) is 15.3 Å². The van der Waals surface area contributed by atoms with Crippen LogP contribution in [0.25, 0.3) is 0 Å². The Hall–Kier alpha value is -1.18. The lowest BCUT2D eigenvalue weighted by Crippen LogP contribution is -2.33. The molecule has 0 spiro atoms. The molecular weight excluding hydrogens is 196 g/mol. The van der Waals surface area contributed by atoms with Gasteiger partial charge in [0.15, 0.2) is 0 Å². The van der Waals surface area contributed by atoms with Gasteiger partial charge in [-0.15, -0.1) is 0 Å². The largest absolute Gasteiger partial charge is 0.383 e. The molecule has 2 rings (SSSR count). The number of hydrogen-bond acceptors (Lipinski definition) is 2. The molecule has 0 bridgehead atoms. The highest BCUT2D eigenvalue weighted by Gasteiger charge is 2.25. The molecule has 0 saturated carbocycles. The van der Waals surface area contributed by atoms with E-state index >= 15 is 0 Å². The SMILES string of the molecule is CCc1ccc2c(c1)N(C)CC(C)(C)CN2. The van der Waals surface area contributed by atoms with Crippen LogP contribution in [-0.4, -0.2) is 20.1 Å². The smallest absolute Gasteiger partial charge is 0.0602 e. The molecule has 1 aromatic rings. The van der Waals surface area contributed by atoms with Crippen molar-refractivity contribution < 1.29 is 0 Å². The van der Waals surface area contributed by atoms with E-state index in [9.17, 15) is 0 Å². The van der Waals surface area contributed by atoms with Crippen molar-refractivity contribution in [2.75, 3.05) is 30.4 Å². The van der Waals surface area contributed by atoms with Gasteiger partial charge in [0.1, 0.15) is 0 Å². The predicted octanol–water partition coefficient (Wildman–Crippen LogP) is 3.14. The normalized spacial score (nSPS) is 18.6. The maximum atomic E-state index is 3.56. The molecule has 0 radical (unpaired) electrons. The van der Waals surface area contributed by atoms with Crippen molar-refractivity contribution in [2.45, 2.75) is 27.2 Å². The van der Waals surface area contributed by atoms with E-state index in [1.54, 1.807) is 0 Å². The van der Waals surface area contributed by atoms with Crippen LogP contribution in [0.15, 0.2) is 18.2 Å². The third kappa shape index (κ3) is 2.16. The van der Waals surface area contributed by atoms with Gasteiger partial charge in [0.05, 0.1) is 11.4 Å². The van der Waals surface area contributed by atoms with Gasteiger partial charge in [0.2, 0.25) is 0 Å². The van der Waals surface area contributed by atoms with Crippen molar-refractivity contribution in [3.05, 3.63) is 23.8 Å². The summed E-state index contributed by atoms with van der Waals surface area (Å²) in [6.45, 7) is 8.96. The number of aryl methyl sites for hydroxylation is 1. The highest BCUT2D eigenvalue weighted by molar-refractivity contribution is 5.71. The fraction of sp³-hybridized carbons (Fsp3) is 0.571. The first kappa shape index (κ1) is 11.3. The molecule has 0 fully saturated rings. The number of anilines is 2. The van der Waals surface area contributed by atoms with Gasteiger partial charge in [-0.05, 0) is 29.5 Å². The van der Waals surface area contributed by atoms with E-state index in [0.29, 0.717) is 5.41 Å². The number of nitrogens with zero attached hydrogens (tertiary/aromatic N) is 1. The standard InChI is InChI=1S/C14H22N2/c1-5-11-6-7-12-13(8-11)16(4)10-14(2,3)9-15-12/h6-8,15H,5,9-10H2,1-4H3. The lowest BCUT2D eigenvalue weighted by atomic mass is 9.93. The van der Waals surface area contributed by atoms with Crippen molar-refractivity contribution in [1.82, 2.24) is 0 Å². The minimum Gasteiger partial charge on any atom is -0.383 e. The molecule has 0 unspecified atom stereocenters. The average Bonchev–Trinajstić information content (AvgIpc) is 2.35. The zero-order valence-corrected chi connectivity index (χ0v) is 10.8. The summed E-state index contributed by atoms with van der Waals surface area (Å²) in [5.41, 5.74) is 4.34. The first-order valence-corrected chi connectivity index (χ1v) is 6.10. The number of rotatable bonds is 1. The maximum absolute atomic E-state index is 3.56. The van der Waals surface area contributed by atoms with Crippen LogP contribution < -0.4 is 10.2 Å². The van der Waals surface area contributed by atoms with Gasteiger partial charge in [-0.1, -0.05) is 26.8 Å². The molecule has 2 heteroatoms. The lowest BCUT2D eigenvalue weighted by molar-refractivity contribution is 0.403. The van der Waals surface area contributed by atoms with Gasteiger partial charge in [0.25, 0.3) is 0 Å². The van der Waals surface area contributed by atoms with Crippen molar-refractivity contribution in [3.63, 3.8) is 0 Å². The minimum absolute atomic E-state index is 0.320. The second kappa shape index (κ2) is 4.00. The van der Waals surface area contributed by atoms with Gasteiger partial charge < -0.3 is 10.2 Å². The third-order valence-corrected chi connectivity index (χ3v) is 3.30. The van der Waals surface area contributed by atoms with Crippen molar-refractivity contribution in [3.8, 4) is 0 Å². The van der Waals surface area contributed by atoms with E-state index in [2.05, 4.69) is 56.2 Å². The average molecular weight is 218 g/mol. The molecule has 1 aliphatic rings. The van der Waals surface area contributed by atoms with Gasteiger partial charge in [-0.25, -0.2) is 0 Å². The summed E-state index contributed by atoms with van der Waals surface area (Å²) in [5.74, 6) is 0. The second-order valence-corrected chi connectivity index (χ2v) is 5.58. The Morgan fingerprint density at radius 2 is 2.12 bits per heavy atom. The molecule has 1 heterocycles. The summed E-state index contributed by atoms with van der Waals surface area (Å²) in [5, 5.41) is 3.56. The Bertz CT molecular complexity index is 382. The Kier molecular flexibility index (Phi) is 2.83. The summed E-state index contributed by atoms with van der Waals surface area (Å²) in [4.78, 5) is 2.37. The maximum Gasteiger partial charge on any atom is 0.0602 e. The van der Waals surface area contributed by atoms with Crippen LogP contribution in [0.2, 0.25) is 0 Å². The molecule has 1 aromatic carbocycles. The summed E-state index contributed by atoms with van der Waals surface area (Å²) in [7, 11) is 2.19. The zero-order chi connectivity index (χ0) is 11.8. The minimum atomic E-state index is 0.320. The number of fused-ring (bicyclic) bond motifs is 1. The van der Waals surface area contributed by atoms with Gasteiger partial charge in [0, 0.05) is 20.1 Å². The van der Waals surface area contributed by atoms with E-state index in [-0.39, 0.29) is 0 Å². The number of hydrogen-bond donors (Lipinski definition) is 1. The number of benzene rings is 1. The van der Waals surface area contributed by atoms with Gasteiger partial charge in [-0.3, -0.25) is 0 Å². The van der Waals surface area contributed by atoms with Crippen LogP contribution in [0.4, 0.5) is 11.4 Å². The summed E-state index contributed by atoms with van der Waals surface area (Å²) < 4.78 is 0. The molecule has 1 N–H and O–H groups in total. The molecule has 0 amide bonds. The van der Waals surface area contributed by atoms with E-state index in [1.165, 1.54) is 16.9 Å². The Morgan fingerprint density at radius 1 is 1.38 bits per heavy atom. The highest BCUT2D eigenvalue weighted by atomic mass is 15.1. The number of nitrogens with one attached hydrogen (secondary N) is 1. The first-order valence-electron chi connectivity index (χ1n) is 6.10.